The smallest absolute Gasteiger partial charge is 0.277 e. The molecule has 0 aliphatic carbocycles. The molecule has 3 N–H and O–H groups in total. The molecule has 0 radical (unpaired) electrons. The zero-order valence-corrected chi connectivity index (χ0v) is 18.8. The van der Waals surface area contributed by atoms with Gasteiger partial charge in [0.25, 0.3) is 5.91 Å². The van der Waals surface area contributed by atoms with Crippen LogP contribution in [-0.4, -0.2) is 46.7 Å². The normalized spacial score (nSPS) is 15.5. The Hall–Kier alpha value is -2.88. The molecule has 1 aliphatic heterocycles. The molecule has 0 bridgehead atoms. The maximum absolute atomic E-state index is 12.5. The van der Waals surface area contributed by atoms with Crippen molar-refractivity contribution in [2.75, 3.05) is 25.1 Å². The van der Waals surface area contributed by atoms with Crippen LogP contribution in [0, 0.1) is 12.8 Å². The van der Waals surface area contributed by atoms with Crippen molar-refractivity contribution in [2.45, 2.75) is 25.8 Å². The number of ether oxygens (including phenoxy) is 2. The number of aromatic nitrogens is 3. The van der Waals surface area contributed by atoms with E-state index in [0.29, 0.717) is 46.0 Å². The van der Waals surface area contributed by atoms with Crippen LogP contribution >= 0.6 is 11.6 Å². The van der Waals surface area contributed by atoms with Crippen molar-refractivity contribution >= 4 is 23.2 Å². The average Bonchev–Trinajstić information content (AvgIpc) is 3.38. The summed E-state index contributed by atoms with van der Waals surface area (Å²) in [5.41, 5.74) is 8.52. The second-order valence-corrected chi connectivity index (χ2v) is 8.28. The summed E-state index contributed by atoms with van der Waals surface area (Å²) in [6, 6.07) is 6.81. The molecule has 0 saturated carbocycles. The molecule has 4 rings (SSSR count). The van der Waals surface area contributed by atoms with Gasteiger partial charge in [-0.25, -0.2) is 0 Å². The maximum Gasteiger partial charge on any atom is 0.277 e. The molecule has 0 spiro atoms. The third-order valence-corrected chi connectivity index (χ3v) is 5.83. The number of nitrogens with one attached hydrogen (secondary N) is 1. The van der Waals surface area contributed by atoms with Gasteiger partial charge in [-0.15, -0.1) is 0 Å². The molecule has 1 aliphatic rings. The fourth-order valence-corrected chi connectivity index (χ4v) is 4.03. The molecule has 32 heavy (non-hydrogen) atoms. The van der Waals surface area contributed by atoms with Crippen molar-refractivity contribution in [3.05, 3.63) is 46.9 Å². The van der Waals surface area contributed by atoms with Gasteiger partial charge in [-0.2, -0.15) is 5.10 Å². The molecule has 2 aromatic heterocycles. The van der Waals surface area contributed by atoms with Crippen LogP contribution in [0.25, 0.3) is 11.3 Å². The predicted molar refractivity (Wildman–Crippen MR) is 120 cm³/mol. The average molecular weight is 460 g/mol. The molecule has 1 fully saturated rings. The number of halogens is 1. The largest absolute Gasteiger partial charge is 0.491 e. The third kappa shape index (κ3) is 4.95. The summed E-state index contributed by atoms with van der Waals surface area (Å²) in [7, 11) is 1.79. The van der Waals surface area contributed by atoms with Gasteiger partial charge in [0, 0.05) is 43.6 Å². The zero-order chi connectivity index (χ0) is 22.7. The Morgan fingerprint density at radius 3 is 2.81 bits per heavy atom. The molecule has 9 nitrogen and oxygen atoms in total. The minimum atomic E-state index is -0.376. The number of anilines is 1. The van der Waals surface area contributed by atoms with Gasteiger partial charge >= 0.3 is 0 Å². The molecular weight excluding hydrogens is 434 g/mol. The van der Waals surface area contributed by atoms with E-state index in [0.717, 1.165) is 26.1 Å². The van der Waals surface area contributed by atoms with E-state index in [9.17, 15) is 4.79 Å². The lowest BCUT2D eigenvalue weighted by molar-refractivity contribution is 0.0522. The second kappa shape index (κ2) is 9.72. The van der Waals surface area contributed by atoms with Crippen LogP contribution in [0.3, 0.4) is 0 Å². The number of rotatable bonds is 7. The summed E-state index contributed by atoms with van der Waals surface area (Å²) < 4.78 is 18.2. The summed E-state index contributed by atoms with van der Waals surface area (Å²) in [5.74, 6) is 1.14. The highest BCUT2D eigenvalue weighted by Gasteiger charge is 2.23. The number of aryl methyl sites for hydroxylation is 2. The number of nitrogens with zero attached hydrogens (tertiary/aromatic N) is 3. The van der Waals surface area contributed by atoms with Crippen molar-refractivity contribution in [3.63, 3.8) is 0 Å². The molecule has 3 heterocycles. The van der Waals surface area contributed by atoms with Crippen LogP contribution in [0.4, 0.5) is 5.69 Å². The highest BCUT2D eigenvalue weighted by molar-refractivity contribution is 6.33. The van der Waals surface area contributed by atoms with Gasteiger partial charge in [0.15, 0.2) is 5.69 Å². The molecule has 1 saturated heterocycles. The SMILES string of the molecule is Cc1cc(C(=O)Nc2ccc(OC[C@@H](N)C3CCOCC3)c(-c3c(Cl)cnn3C)c2)no1. The summed E-state index contributed by atoms with van der Waals surface area (Å²) in [4.78, 5) is 12.5. The Kier molecular flexibility index (Phi) is 6.78. The van der Waals surface area contributed by atoms with E-state index in [1.165, 1.54) is 0 Å². The van der Waals surface area contributed by atoms with Gasteiger partial charge in [0.2, 0.25) is 0 Å². The highest BCUT2D eigenvalue weighted by atomic mass is 35.5. The first kappa shape index (κ1) is 22.3. The van der Waals surface area contributed by atoms with Crippen LogP contribution in [0.2, 0.25) is 5.02 Å². The lowest BCUT2D eigenvalue weighted by Gasteiger charge is -2.27. The first-order chi connectivity index (χ1) is 15.4. The molecule has 0 unspecified atom stereocenters. The number of hydrogen-bond acceptors (Lipinski definition) is 7. The summed E-state index contributed by atoms with van der Waals surface area (Å²) in [5, 5.41) is 11.3. The van der Waals surface area contributed by atoms with Crippen LogP contribution in [0.1, 0.15) is 29.1 Å². The van der Waals surface area contributed by atoms with Crippen molar-refractivity contribution in [1.82, 2.24) is 14.9 Å². The Labute approximate surface area is 190 Å². The molecule has 1 aromatic carbocycles. The third-order valence-electron chi connectivity index (χ3n) is 5.55. The molecule has 170 valence electrons. The van der Waals surface area contributed by atoms with E-state index in [4.69, 9.17) is 31.3 Å². The molecule has 1 atom stereocenters. The van der Waals surface area contributed by atoms with E-state index in [1.54, 1.807) is 49.1 Å². The maximum atomic E-state index is 12.5. The molecule has 1 amide bonds. The van der Waals surface area contributed by atoms with E-state index in [1.807, 2.05) is 0 Å². The monoisotopic (exact) mass is 459 g/mol. The Morgan fingerprint density at radius 1 is 1.38 bits per heavy atom. The molecule has 10 heteroatoms. The van der Waals surface area contributed by atoms with Crippen molar-refractivity contribution in [2.24, 2.45) is 18.7 Å². The van der Waals surface area contributed by atoms with E-state index in [-0.39, 0.29) is 17.6 Å². The van der Waals surface area contributed by atoms with Gasteiger partial charge in [-0.3, -0.25) is 9.48 Å². The van der Waals surface area contributed by atoms with E-state index < -0.39 is 0 Å². The number of carbonyl (C=O) groups excluding carboxylic acids is 1. The highest BCUT2D eigenvalue weighted by Crippen LogP contribution is 2.37. The van der Waals surface area contributed by atoms with Gasteiger partial charge in [-0.05, 0) is 43.9 Å². The van der Waals surface area contributed by atoms with E-state index in [2.05, 4.69) is 15.6 Å². The first-order valence-corrected chi connectivity index (χ1v) is 10.8. The number of amides is 1. The van der Waals surface area contributed by atoms with Crippen LogP contribution in [0.15, 0.2) is 35.0 Å². The Morgan fingerprint density at radius 2 is 2.16 bits per heavy atom. The number of hydrogen-bond donors (Lipinski definition) is 2. The Balaban J connectivity index is 1.57. The fraction of sp³-hybridized carbons (Fsp3) is 0.409. The van der Waals surface area contributed by atoms with Gasteiger partial charge in [-0.1, -0.05) is 16.8 Å². The predicted octanol–water partition coefficient (Wildman–Crippen LogP) is 3.42. The minimum Gasteiger partial charge on any atom is -0.491 e. The Bertz CT molecular complexity index is 1070. The standard InChI is InChI=1S/C22H26ClN5O4/c1-13-9-19(27-32-13)22(29)26-15-3-4-20(16(10-15)21-17(23)11-25-28(21)2)31-12-18(24)14-5-7-30-8-6-14/h3-4,9-11,14,18H,5-8,12,24H2,1-2H3,(H,26,29)/t18-/m1/s1. The second-order valence-electron chi connectivity index (χ2n) is 7.88. The van der Waals surface area contributed by atoms with E-state index >= 15 is 0 Å². The number of nitrogens with two attached hydrogens (primary N) is 1. The van der Waals surface area contributed by atoms with Crippen LogP contribution in [0.5, 0.6) is 5.75 Å². The van der Waals surface area contributed by atoms with Crippen LogP contribution in [-0.2, 0) is 11.8 Å². The lowest BCUT2D eigenvalue weighted by atomic mass is 9.93. The van der Waals surface area contributed by atoms with Crippen molar-refractivity contribution in [1.29, 1.82) is 0 Å². The van der Waals surface area contributed by atoms with Crippen LogP contribution < -0.4 is 15.8 Å². The first-order valence-electron chi connectivity index (χ1n) is 10.4. The fourth-order valence-electron chi connectivity index (χ4n) is 3.77. The van der Waals surface area contributed by atoms with Gasteiger partial charge in [0.1, 0.15) is 18.1 Å². The van der Waals surface area contributed by atoms with Gasteiger partial charge < -0.3 is 25.0 Å². The zero-order valence-electron chi connectivity index (χ0n) is 18.0. The molecular formula is C22H26ClN5O4. The van der Waals surface area contributed by atoms with Crippen molar-refractivity contribution in [3.8, 4) is 17.0 Å². The van der Waals surface area contributed by atoms with Crippen molar-refractivity contribution < 1.29 is 18.8 Å². The summed E-state index contributed by atoms with van der Waals surface area (Å²) in [6.07, 6.45) is 3.42. The minimum absolute atomic E-state index is 0.108. The molecule has 3 aromatic rings. The topological polar surface area (TPSA) is 117 Å². The summed E-state index contributed by atoms with van der Waals surface area (Å²) >= 11 is 6.41. The number of carbonyl (C=O) groups is 1. The lowest BCUT2D eigenvalue weighted by Crippen LogP contribution is -2.39. The van der Waals surface area contributed by atoms with Gasteiger partial charge in [0.05, 0.1) is 16.9 Å². The quantitative estimate of drug-likeness (QED) is 0.555. The summed E-state index contributed by atoms with van der Waals surface area (Å²) in [6.45, 7) is 3.54. The number of benzene rings is 1.